The summed E-state index contributed by atoms with van der Waals surface area (Å²) in [7, 11) is 0. The van der Waals surface area contributed by atoms with Gasteiger partial charge in [-0.05, 0) is 38.0 Å². The number of aliphatic hydroxyl groups excluding tert-OH is 1. The van der Waals surface area contributed by atoms with Gasteiger partial charge in [-0.2, -0.15) is 0 Å². The van der Waals surface area contributed by atoms with Crippen LogP contribution in [0.15, 0.2) is 0 Å². The lowest BCUT2D eigenvalue weighted by Gasteiger charge is -2.26. The van der Waals surface area contributed by atoms with Gasteiger partial charge >= 0.3 is 5.97 Å². The number of carboxylic acids is 1. The molecule has 12 heteroatoms. The molecular weight excluding hydrogens is 434 g/mol. The number of rotatable bonds is 15. The third-order valence-corrected chi connectivity index (χ3v) is 4.76. The molecule has 0 aromatic carbocycles. The maximum Gasteiger partial charge on any atom is 0.326 e. The van der Waals surface area contributed by atoms with Crippen LogP contribution in [0, 0.1) is 11.8 Å². The number of nitrogens with two attached hydrogens (primary N) is 2. The Balaban J connectivity index is 5.50. The molecule has 190 valence electrons. The predicted molar refractivity (Wildman–Crippen MR) is 120 cm³/mol. The molecule has 12 nitrogen and oxygen atoms in total. The Morgan fingerprint density at radius 2 is 1.30 bits per heavy atom. The van der Waals surface area contributed by atoms with E-state index < -0.39 is 59.9 Å². The largest absolute Gasteiger partial charge is 0.480 e. The van der Waals surface area contributed by atoms with Crippen LogP contribution in [0.3, 0.4) is 0 Å². The maximum atomic E-state index is 12.8. The van der Waals surface area contributed by atoms with Crippen LogP contribution in [-0.2, 0) is 24.0 Å². The lowest BCUT2D eigenvalue weighted by molar-refractivity contribution is -0.143. The number of carboxylic acid groups (broad SMARTS) is 1. The van der Waals surface area contributed by atoms with E-state index in [4.69, 9.17) is 11.5 Å². The van der Waals surface area contributed by atoms with Crippen LogP contribution in [0.5, 0.6) is 0 Å². The van der Waals surface area contributed by atoms with Crippen LogP contribution in [0.4, 0.5) is 0 Å². The van der Waals surface area contributed by atoms with E-state index in [9.17, 15) is 34.2 Å². The molecule has 33 heavy (non-hydrogen) atoms. The van der Waals surface area contributed by atoms with E-state index in [1.54, 1.807) is 13.8 Å². The van der Waals surface area contributed by atoms with E-state index in [0.29, 0.717) is 6.42 Å². The van der Waals surface area contributed by atoms with E-state index in [1.807, 2.05) is 13.8 Å². The fourth-order valence-electron chi connectivity index (χ4n) is 3.06. The fourth-order valence-corrected chi connectivity index (χ4v) is 3.06. The second-order valence-electron chi connectivity index (χ2n) is 9.06. The van der Waals surface area contributed by atoms with Crippen LogP contribution < -0.4 is 27.4 Å². The number of hydrogen-bond acceptors (Lipinski definition) is 7. The number of carbonyl (C=O) groups is 5. The van der Waals surface area contributed by atoms with Crippen molar-refractivity contribution < 1.29 is 34.2 Å². The minimum absolute atomic E-state index is 0.0325. The highest BCUT2D eigenvalue weighted by molar-refractivity contribution is 5.94. The fraction of sp³-hybridized carbons (Fsp3) is 0.762. The van der Waals surface area contributed by atoms with E-state index in [0.717, 1.165) is 0 Å². The molecule has 0 aromatic rings. The van der Waals surface area contributed by atoms with Gasteiger partial charge in [0, 0.05) is 6.42 Å². The SMILES string of the molecule is CC(C)CC(N)C(=O)NC(C(=O)NC(CCC(N)=O)C(=O)NC(CC(C)C)C(=O)O)C(C)O. The third-order valence-electron chi connectivity index (χ3n) is 4.76. The Hall–Kier alpha value is -2.73. The molecule has 4 amide bonds. The van der Waals surface area contributed by atoms with Gasteiger partial charge in [0.15, 0.2) is 0 Å². The van der Waals surface area contributed by atoms with Crippen LogP contribution in [0.25, 0.3) is 0 Å². The van der Waals surface area contributed by atoms with Crippen molar-refractivity contribution in [3.63, 3.8) is 0 Å². The molecule has 0 aliphatic rings. The van der Waals surface area contributed by atoms with Crippen molar-refractivity contribution in [1.29, 1.82) is 0 Å². The minimum Gasteiger partial charge on any atom is -0.480 e. The average Bonchev–Trinajstić information content (AvgIpc) is 2.66. The second kappa shape index (κ2) is 14.4. The Kier molecular flexibility index (Phi) is 13.2. The maximum absolute atomic E-state index is 12.8. The van der Waals surface area contributed by atoms with Crippen LogP contribution >= 0.6 is 0 Å². The third kappa shape index (κ3) is 12.2. The highest BCUT2D eigenvalue weighted by atomic mass is 16.4. The number of hydrogen-bond donors (Lipinski definition) is 7. The molecule has 0 heterocycles. The van der Waals surface area contributed by atoms with Crippen LogP contribution in [0.2, 0.25) is 0 Å². The van der Waals surface area contributed by atoms with Crippen molar-refractivity contribution in [2.24, 2.45) is 23.3 Å². The van der Waals surface area contributed by atoms with Gasteiger partial charge in [-0.3, -0.25) is 19.2 Å². The quantitative estimate of drug-likeness (QED) is 0.150. The van der Waals surface area contributed by atoms with Crippen molar-refractivity contribution in [2.45, 2.75) is 90.6 Å². The average molecular weight is 474 g/mol. The van der Waals surface area contributed by atoms with Crippen LogP contribution in [0.1, 0.15) is 60.3 Å². The van der Waals surface area contributed by atoms with E-state index in [-0.39, 0.29) is 31.1 Å². The first-order valence-corrected chi connectivity index (χ1v) is 11.0. The molecule has 0 aliphatic heterocycles. The van der Waals surface area contributed by atoms with Crippen molar-refractivity contribution in [3.8, 4) is 0 Å². The summed E-state index contributed by atoms with van der Waals surface area (Å²) in [5.74, 6) is -4.25. The number of carbonyl (C=O) groups excluding carboxylic acids is 4. The van der Waals surface area contributed by atoms with E-state index >= 15 is 0 Å². The summed E-state index contributed by atoms with van der Waals surface area (Å²) >= 11 is 0. The Labute approximate surface area is 194 Å². The van der Waals surface area contributed by atoms with Gasteiger partial charge in [0.05, 0.1) is 12.1 Å². The molecule has 0 bridgehead atoms. The first-order chi connectivity index (χ1) is 15.1. The topological polar surface area (TPSA) is 214 Å². The summed E-state index contributed by atoms with van der Waals surface area (Å²) in [6.07, 6.45) is -1.28. The zero-order valence-corrected chi connectivity index (χ0v) is 20.0. The first-order valence-electron chi connectivity index (χ1n) is 11.0. The predicted octanol–water partition coefficient (Wildman–Crippen LogP) is -1.41. The van der Waals surface area contributed by atoms with Crippen molar-refractivity contribution in [2.75, 3.05) is 0 Å². The van der Waals surface area contributed by atoms with Gasteiger partial charge in [0.1, 0.15) is 18.1 Å². The van der Waals surface area contributed by atoms with Gasteiger partial charge in [-0.1, -0.05) is 27.7 Å². The molecule has 0 radical (unpaired) electrons. The standard InChI is InChI=1S/C21H39N5O7/c1-10(2)8-13(22)18(29)26-17(12(5)27)20(31)24-14(6-7-16(23)28)19(30)25-15(21(32)33)9-11(3)4/h10-15,17,27H,6-9,22H2,1-5H3,(H2,23,28)(H,24,31)(H,25,30)(H,26,29)(H,32,33). The van der Waals surface area contributed by atoms with Gasteiger partial charge in [0.25, 0.3) is 0 Å². The number of primary amides is 1. The lowest BCUT2D eigenvalue weighted by atomic mass is 10.0. The van der Waals surface area contributed by atoms with Crippen molar-refractivity contribution in [1.82, 2.24) is 16.0 Å². The van der Waals surface area contributed by atoms with Crippen molar-refractivity contribution >= 4 is 29.6 Å². The molecular formula is C21H39N5O7. The number of amides is 4. The van der Waals surface area contributed by atoms with Crippen LogP contribution in [-0.4, -0.2) is 70.1 Å². The number of nitrogens with one attached hydrogen (secondary N) is 3. The molecule has 0 saturated heterocycles. The summed E-state index contributed by atoms with van der Waals surface area (Å²) in [6.45, 7) is 8.60. The molecule has 0 spiro atoms. The van der Waals surface area contributed by atoms with Crippen molar-refractivity contribution in [3.05, 3.63) is 0 Å². The summed E-state index contributed by atoms with van der Waals surface area (Å²) < 4.78 is 0. The highest BCUT2D eigenvalue weighted by Crippen LogP contribution is 2.08. The van der Waals surface area contributed by atoms with Gasteiger partial charge in [0.2, 0.25) is 23.6 Å². The summed E-state index contributed by atoms with van der Waals surface area (Å²) in [5, 5.41) is 26.5. The zero-order valence-electron chi connectivity index (χ0n) is 20.0. The first kappa shape index (κ1) is 30.3. The highest BCUT2D eigenvalue weighted by Gasteiger charge is 2.32. The van der Waals surface area contributed by atoms with E-state index in [2.05, 4.69) is 16.0 Å². The molecule has 9 N–H and O–H groups in total. The molecule has 0 fully saturated rings. The molecule has 5 unspecified atom stereocenters. The summed E-state index contributed by atoms with van der Waals surface area (Å²) in [4.78, 5) is 60.5. The summed E-state index contributed by atoms with van der Waals surface area (Å²) in [6, 6.07) is -4.85. The lowest BCUT2D eigenvalue weighted by Crippen LogP contribution is -2.60. The molecule has 0 aliphatic carbocycles. The Morgan fingerprint density at radius 1 is 0.788 bits per heavy atom. The second-order valence-corrected chi connectivity index (χ2v) is 9.06. The van der Waals surface area contributed by atoms with Gasteiger partial charge in [-0.15, -0.1) is 0 Å². The Morgan fingerprint density at radius 3 is 1.73 bits per heavy atom. The Bertz CT molecular complexity index is 696. The minimum atomic E-state index is -1.43. The van der Waals surface area contributed by atoms with E-state index in [1.165, 1.54) is 6.92 Å². The van der Waals surface area contributed by atoms with Gasteiger partial charge < -0.3 is 37.6 Å². The summed E-state index contributed by atoms with van der Waals surface area (Å²) in [5.41, 5.74) is 11.0. The number of aliphatic carboxylic acids is 1. The normalized spacial score (nSPS) is 15.8. The molecule has 0 aromatic heterocycles. The smallest absolute Gasteiger partial charge is 0.326 e. The zero-order chi connectivity index (χ0) is 25.9. The number of aliphatic hydroxyl groups is 1. The molecule has 5 atom stereocenters. The monoisotopic (exact) mass is 473 g/mol. The molecule has 0 rings (SSSR count). The van der Waals surface area contributed by atoms with Gasteiger partial charge in [-0.25, -0.2) is 4.79 Å². The molecule has 0 saturated carbocycles.